The van der Waals surface area contributed by atoms with Crippen LogP contribution in [-0.2, 0) is 4.74 Å². The Morgan fingerprint density at radius 3 is 2.62 bits per heavy atom. The lowest BCUT2D eigenvalue weighted by molar-refractivity contribution is 0.0600. The maximum Gasteiger partial charge on any atom is 0.337 e. The summed E-state index contributed by atoms with van der Waals surface area (Å²) < 4.78 is 10.0. The second kappa shape index (κ2) is 6.52. The molecule has 0 aliphatic rings. The molecule has 0 saturated carbocycles. The van der Waals surface area contributed by atoms with E-state index < -0.39 is 0 Å². The average Bonchev–Trinajstić information content (AvgIpc) is 2.34. The molecule has 0 heterocycles. The molecule has 0 amide bonds. The molecule has 0 N–H and O–H groups in total. The minimum Gasteiger partial charge on any atom is -0.494 e. The molecule has 0 radical (unpaired) electrons. The van der Waals surface area contributed by atoms with E-state index >= 15 is 0 Å². The van der Waals surface area contributed by atoms with E-state index in [0.29, 0.717) is 18.6 Å². The van der Waals surface area contributed by atoms with Gasteiger partial charge in [0.05, 0.1) is 19.3 Å². The summed E-state index contributed by atoms with van der Waals surface area (Å²) >= 11 is 0. The Morgan fingerprint density at radius 2 is 2.06 bits per heavy atom. The summed E-state index contributed by atoms with van der Waals surface area (Å²) in [4.78, 5) is 11.1. The molecule has 84 valence electrons. The number of carbonyl (C=O) groups is 1. The van der Waals surface area contributed by atoms with Gasteiger partial charge in [-0.2, -0.15) is 0 Å². The van der Waals surface area contributed by atoms with Gasteiger partial charge in [-0.05, 0) is 30.7 Å². The van der Waals surface area contributed by atoms with Crippen molar-refractivity contribution in [3.8, 4) is 18.1 Å². The number of ether oxygens (including phenoxy) is 2. The molecule has 3 heteroatoms. The van der Waals surface area contributed by atoms with Crippen molar-refractivity contribution in [1.29, 1.82) is 0 Å². The van der Waals surface area contributed by atoms with Crippen LogP contribution in [0.3, 0.4) is 0 Å². The third-order valence-electron chi connectivity index (χ3n) is 2.01. The molecular formula is C13H14O3. The summed E-state index contributed by atoms with van der Waals surface area (Å²) in [5, 5.41) is 0. The van der Waals surface area contributed by atoms with Crippen molar-refractivity contribution in [2.24, 2.45) is 0 Å². The molecule has 0 fully saturated rings. The number of esters is 1. The lowest BCUT2D eigenvalue weighted by Crippen LogP contribution is -2.01. The standard InChI is InChI=1S/C13H14O3/c1-3-4-5-10-16-12-8-6-11(7-9-12)13(14)15-2/h1,6-9H,4-5,10H2,2H3. The molecule has 0 spiro atoms. The van der Waals surface area contributed by atoms with Crippen molar-refractivity contribution < 1.29 is 14.3 Å². The fraction of sp³-hybridized carbons (Fsp3) is 0.308. The number of benzene rings is 1. The first-order chi connectivity index (χ1) is 7.77. The van der Waals surface area contributed by atoms with E-state index in [2.05, 4.69) is 10.7 Å². The lowest BCUT2D eigenvalue weighted by atomic mass is 10.2. The van der Waals surface area contributed by atoms with Crippen LogP contribution in [-0.4, -0.2) is 19.7 Å². The van der Waals surface area contributed by atoms with E-state index in [0.717, 1.165) is 12.2 Å². The maximum absolute atomic E-state index is 11.1. The highest BCUT2D eigenvalue weighted by Gasteiger charge is 2.04. The summed E-state index contributed by atoms with van der Waals surface area (Å²) in [7, 11) is 1.35. The Balaban J connectivity index is 2.46. The van der Waals surface area contributed by atoms with Crippen LogP contribution < -0.4 is 4.74 Å². The van der Waals surface area contributed by atoms with Crippen LogP contribution in [0.1, 0.15) is 23.2 Å². The summed E-state index contributed by atoms with van der Waals surface area (Å²) in [6, 6.07) is 6.81. The minimum absolute atomic E-state index is 0.348. The second-order valence-corrected chi connectivity index (χ2v) is 3.17. The highest BCUT2D eigenvalue weighted by atomic mass is 16.5. The molecule has 1 aromatic carbocycles. The zero-order valence-corrected chi connectivity index (χ0v) is 9.23. The zero-order valence-electron chi connectivity index (χ0n) is 9.23. The monoisotopic (exact) mass is 218 g/mol. The molecule has 16 heavy (non-hydrogen) atoms. The molecule has 0 aromatic heterocycles. The first kappa shape index (κ1) is 12.1. The van der Waals surface area contributed by atoms with Gasteiger partial charge in [0.2, 0.25) is 0 Å². The van der Waals surface area contributed by atoms with Crippen molar-refractivity contribution in [2.45, 2.75) is 12.8 Å². The summed E-state index contributed by atoms with van der Waals surface area (Å²) in [6.45, 7) is 0.585. The fourth-order valence-electron chi connectivity index (χ4n) is 1.17. The van der Waals surface area contributed by atoms with Crippen molar-refractivity contribution in [1.82, 2.24) is 0 Å². The number of rotatable bonds is 5. The quantitative estimate of drug-likeness (QED) is 0.432. The van der Waals surface area contributed by atoms with Crippen LogP contribution in [0.15, 0.2) is 24.3 Å². The van der Waals surface area contributed by atoms with Crippen LogP contribution in [0, 0.1) is 12.3 Å². The number of hydrogen-bond donors (Lipinski definition) is 0. The Bertz CT molecular complexity index is 373. The number of unbranched alkanes of at least 4 members (excludes halogenated alkanes) is 1. The molecule has 3 nitrogen and oxygen atoms in total. The van der Waals surface area contributed by atoms with Crippen molar-refractivity contribution in [3.05, 3.63) is 29.8 Å². The highest BCUT2D eigenvalue weighted by Crippen LogP contribution is 2.13. The third-order valence-corrected chi connectivity index (χ3v) is 2.01. The van der Waals surface area contributed by atoms with Crippen LogP contribution in [0.2, 0.25) is 0 Å². The average molecular weight is 218 g/mol. The molecule has 0 saturated heterocycles. The van der Waals surface area contributed by atoms with E-state index in [1.807, 2.05) is 0 Å². The normalized spacial score (nSPS) is 9.25. The van der Waals surface area contributed by atoms with Crippen LogP contribution in [0.4, 0.5) is 0 Å². The largest absolute Gasteiger partial charge is 0.494 e. The van der Waals surface area contributed by atoms with Gasteiger partial charge >= 0.3 is 5.97 Å². The van der Waals surface area contributed by atoms with Gasteiger partial charge < -0.3 is 9.47 Å². The van der Waals surface area contributed by atoms with E-state index in [9.17, 15) is 4.79 Å². The Labute approximate surface area is 95.4 Å². The molecule has 1 aromatic rings. The predicted octanol–water partition coefficient (Wildman–Crippen LogP) is 2.27. The van der Waals surface area contributed by atoms with Crippen LogP contribution in [0.25, 0.3) is 0 Å². The first-order valence-electron chi connectivity index (χ1n) is 5.02. The van der Waals surface area contributed by atoms with Gasteiger partial charge in [-0.15, -0.1) is 12.3 Å². The Morgan fingerprint density at radius 1 is 1.38 bits per heavy atom. The number of terminal acetylenes is 1. The van der Waals surface area contributed by atoms with Crippen molar-refractivity contribution in [2.75, 3.05) is 13.7 Å². The number of hydrogen-bond acceptors (Lipinski definition) is 3. The maximum atomic E-state index is 11.1. The van der Waals surface area contributed by atoms with Gasteiger partial charge in [-0.25, -0.2) is 4.79 Å². The SMILES string of the molecule is C#CCCCOc1ccc(C(=O)OC)cc1. The van der Waals surface area contributed by atoms with Crippen molar-refractivity contribution in [3.63, 3.8) is 0 Å². The smallest absolute Gasteiger partial charge is 0.337 e. The molecule has 0 aliphatic heterocycles. The van der Waals surface area contributed by atoms with Gasteiger partial charge in [0, 0.05) is 6.42 Å². The van der Waals surface area contributed by atoms with E-state index in [1.165, 1.54) is 7.11 Å². The Kier molecular flexibility index (Phi) is 4.94. The fourth-order valence-corrected chi connectivity index (χ4v) is 1.17. The van der Waals surface area contributed by atoms with E-state index in [1.54, 1.807) is 24.3 Å². The van der Waals surface area contributed by atoms with Gasteiger partial charge in [0.15, 0.2) is 0 Å². The number of methoxy groups -OCH3 is 1. The van der Waals surface area contributed by atoms with E-state index in [4.69, 9.17) is 11.2 Å². The Hall–Kier alpha value is -1.95. The molecule has 0 atom stereocenters. The second-order valence-electron chi connectivity index (χ2n) is 3.17. The molecule has 1 rings (SSSR count). The molecule has 0 unspecified atom stereocenters. The molecular weight excluding hydrogens is 204 g/mol. The molecule has 0 bridgehead atoms. The van der Waals surface area contributed by atoms with Gasteiger partial charge in [0.1, 0.15) is 5.75 Å². The van der Waals surface area contributed by atoms with Crippen molar-refractivity contribution >= 4 is 5.97 Å². The summed E-state index contributed by atoms with van der Waals surface area (Å²) in [5.41, 5.74) is 0.512. The molecule has 0 aliphatic carbocycles. The zero-order chi connectivity index (χ0) is 11.8. The third kappa shape index (κ3) is 3.66. The van der Waals surface area contributed by atoms with Gasteiger partial charge in [-0.1, -0.05) is 0 Å². The summed E-state index contributed by atoms with van der Waals surface area (Å²) in [6.07, 6.45) is 6.66. The minimum atomic E-state index is -0.348. The van der Waals surface area contributed by atoms with E-state index in [-0.39, 0.29) is 5.97 Å². The van der Waals surface area contributed by atoms with Gasteiger partial charge in [0.25, 0.3) is 0 Å². The topological polar surface area (TPSA) is 35.5 Å². The summed E-state index contributed by atoms with van der Waals surface area (Å²) in [5.74, 6) is 2.92. The van der Waals surface area contributed by atoms with Gasteiger partial charge in [-0.3, -0.25) is 0 Å². The predicted molar refractivity (Wildman–Crippen MR) is 61.3 cm³/mol. The highest BCUT2D eigenvalue weighted by molar-refractivity contribution is 5.89. The first-order valence-corrected chi connectivity index (χ1v) is 5.02. The lowest BCUT2D eigenvalue weighted by Gasteiger charge is -2.05. The van der Waals surface area contributed by atoms with Crippen LogP contribution in [0.5, 0.6) is 5.75 Å². The van der Waals surface area contributed by atoms with Crippen LogP contribution >= 0.6 is 0 Å². The number of carbonyl (C=O) groups excluding carboxylic acids is 1.